The lowest BCUT2D eigenvalue weighted by Crippen LogP contribution is -2.33. The van der Waals surface area contributed by atoms with Gasteiger partial charge in [-0.25, -0.2) is 19.2 Å². The topological polar surface area (TPSA) is 179 Å². The van der Waals surface area contributed by atoms with Gasteiger partial charge in [-0.3, -0.25) is 10.7 Å². The van der Waals surface area contributed by atoms with E-state index in [4.69, 9.17) is 24.4 Å². The Morgan fingerprint density at radius 2 is 1.85 bits per heavy atom. The van der Waals surface area contributed by atoms with Gasteiger partial charge < -0.3 is 29.4 Å². The number of aliphatic hydroxyl groups excluding tert-OH is 1. The molecule has 14 nitrogen and oxygen atoms in total. The number of anilines is 1. The minimum atomic E-state index is -1.04. The van der Waals surface area contributed by atoms with E-state index < -0.39 is 18.0 Å². The van der Waals surface area contributed by atoms with Crippen LogP contribution in [0.1, 0.15) is 50.2 Å². The second kappa shape index (κ2) is 15.1. The molecular formula is C31H37FN8O6. The summed E-state index contributed by atoms with van der Waals surface area (Å²) < 4.78 is 38.8. The van der Waals surface area contributed by atoms with E-state index in [-0.39, 0.29) is 65.9 Å². The lowest BCUT2D eigenvalue weighted by molar-refractivity contribution is 0.101. The van der Waals surface area contributed by atoms with Crippen LogP contribution in [-0.2, 0) is 4.74 Å². The molecule has 15 heteroatoms. The van der Waals surface area contributed by atoms with Gasteiger partial charge in [-0.05, 0) is 48.2 Å². The molecule has 1 amide bonds. The highest BCUT2D eigenvalue weighted by molar-refractivity contribution is 6.04. The first-order chi connectivity index (χ1) is 22.1. The largest absolute Gasteiger partial charge is 0.497 e. The molecule has 0 bridgehead atoms. The average Bonchev–Trinajstić information content (AvgIpc) is 3.51. The zero-order valence-corrected chi connectivity index (χ0v) is 26.2. The van der Waals surface area contributed by atoms with Crippen molar-refractivity contribution in [2.75, 3.05) is 39.4 Å². The maximum absolute atomic E-state index is 16.0. The molecule has 0 spiro atoms. The molecule has 1 unspecified atom stereocenters. The van der Waals surface area contributed by atoms with Crippen molar-refractivity contribution in [3.63, 3.8) is 0 Å². The van der Waals surface area contributed by atoms with Crippen LogP contribution in [0.15, 0.2) is 54.9 Å². The van der Waals surface area contributed by atoms with Gasteiger partial charge in [-0.1, -0.05) is 20.8 Å². The van der Waals surface area contributed by atoms with Crippen LogP contribution in [0.4, 0.5) is 14.9 Å². The predicted octanol–water partition coefficient (Wildman–Crippen LogP) is 4.27. The van der Waals surface area contributed by atoms with Crippen molar-refractivity contribution in [3.8, 4) is 23.5 Å². The van der Waals surface area contributed by atoms with Crippen molar-refractivity contribution in [2.45, 2.75) is 33.2 Å². The van der Waals surface area contributed by atoms with Crippen molar-refractivity contribution < 1.29 is 33.2 Å². The van der Waals surface area contributed by atoms with E-state index in [1.54, 1.807) is 30.3 Å². The number of hydrogen-bond donors (Lipinski definition) is 4. The molecule has 0 saturated heterocycles. The maximum Gasteiger partial charge on any atom is 0.412 e. The summed E-state index contributed by atoms with van der Waals surface area (Å²) in [6, 6.07) is 10.0. The molecule has 2 aromatic carbocycles. The molecule has 1 atom stereocenters. The van der Waals surface area contributed by atoms with Crippen LogP contribution in [0.3, 0.4) is 0 Å². The van der Waals surface area contributed by atoms with Gasteiger partial charge in [0, 0.05) is 35.3 Å². The van der Waals surface area contributed by atoms with Gasteiger partial charge in [-0.15, -0.1) is 9.78 Å². The summed E-state index contributed by atoms with van der Waals surface area (Å²) in [5, 5.41) is 27.8. The van der Waals surface area contributed by atoms with E-state index >= 15 is 4.39 Å². The normalized spacial score (nSPS) is 11.8. The molecule has 244 valence electrons. The fourth-order valence-electron chi connectivity index (χ4n) is 4.03. The zero-order chi connectivity index (χ0) is 33.3. The summed E-state index contributed by atoms with van der Waals surface area (Å²) in [5.41, 5.74) is 0.795. The minimum absolute atomic E-state index is 0.0529. The van der Waals surface area contributed by atoms with Gasteiger partial charge in [0.25, 0.3) is 5.95 Å². The second-order valence-electron chi connectivity index (χ2n) is 10.8. The number of aliphatic hydroxyl groups is 1. The SMILES string of the molecule is CCC(C)(C)COC(=O)NC(=N)c1ccc(NC(c2nc(OC)n(-c3ncccn3)n2)c2cc(OC)cc(OCCO)c2F)cc1. The number of rotatable bonds is 14. The molecule has 0 aliphatic rings. The lowest BCUT2D eigenvalue weighted by Gasteiger charge is -2.22. The lowest BCUT2D eigenvalue weighted by atomic mass is 9.92. The van der Waals surface area contributed by atoms with Crippen LogP contribution >= 0.6 is 0 Å². The van der Waals surface area contributed by atoms with E-state index in [0.717, 1.165) is 6.42 Å². The number of amides is 1. The smallest absolute Gasteiger partial charge is 0.412 e. The number of halogens is 1. The molecule has 0 saturated carbocycles. The second-order valence-corrected chi connectivity index (χ2v) is 10.8. The molecule has 4 aromatic rings. The van der Waals surface area contributed by atoms with Crippen LogP contribution in [0.5, 0.6) is 17.5 Å². The Balaban J connectivity index is 1.67. The number of alkyl carbamates (subject to hydrolysis) is 1. The third kappa shape index (κ3) is 8.24. The van der Waals surface area contributed by atoms with E-state index in [1.165, 1.54) is 43.4 Å². The Bertz CT molecular complexity index is 1630. The van der Waals surface area contributed by atoms with Crippen molar-refractivity contribution in [3.05, 3.63) is 77.6 Å². The first-order valence-electron chi connectivity index (χ1n) is 14.4. The summed E-state index contributed by atoms with van der Waals surface area (Å²) in [4.78, 5) is 25.2. The fraction of sp³-hybridized carbons (Fsp3) is 0.355. The Kier molecular flexibility index (Phi) is 11.0. The van der Waals surface area contributed by atoms with Crippen molar-refractivity contribution in [1.29, 1.82) is 5.41 Å². The fourth-order valence-corrected chi connectivity index (χ4v) is 4.03. The Morgan fingerprint density at radius 3 is 2.48 bits per heavy atom. The van der Waals surface area contributed by atoms with Crippen LogP contribution in [0.2, 0.25) is 0 Å². The highest BCUT2D eigenvalue weighted by atomic mass is 19.1. The van der Waals surface area contributed by atoms with Gasteiger partial charge in [0.15, 0.2) is 17.4 Å². The van der Waals surface area contributed by atoms with E-state index in [0.29, 0.717) is 11.3 Å². The monoisotopic (exact) mass is 636 g/mol. The van der Waals surface area contributed by atoms with Gasteiger partial charge in [-0.2, -0.15) is 4.98 Å². The van der Waals surface area contributed by atoms with E-state index in [9.17, 15) is 9.90 Å². The number of carbonyl (C=O) groups is 1. The Morgan fingerprint density at radius 1 is 1.13 bits per heavy atom. The van der Waals surface area contributed by atoms with E-state index in [2.05, 4.69) is 30.7 Å². The number of amidine groups is 1. The number of ether oxygens (including phenoxy) is 4. The molecule has 0 aliphatic carbocycles. The molecule has 0 aliphatic heterocycles. The Hall–Kier alpha value is -5.31. The standard InChI is InChI=1S/C31H37FN8O6/c1-6-31(2,3)18-46-30(42)37-26(33)19-8-10-20(11-9-19)36-25(22-16-21(43-4)17-23(24(22)32)45-15-14-41)27-38-29(44-5)40(39-27)28-34-12-7-13-35-28/h7-13,16-17,25,36,41H,6,14-15,18H2,1-5H3,(H2,33,37,42). The third-order valence-corrected chi connectivity index (χ3v) is 6.98. The maximum atomic E-state index is 16.0. The van der Waals surface area contributed by atoms with Crippen LogP contribution in [0.25, 0.3) is 5.95 Å². The quantitative estimate of drug-likeness (QED) is 0.115. The molecule has 0 fully saturated rings. The van der Waals surface area contributed by atoms with Gasteiger partial charge in [0.05, 0.1) is 27.4 Å². The average molecular weight is 637 g/mol. The third-order valence-electron chi connectivity index (χ3n) is 6.98. The minimum Gasteiger partial charge on any atom is -0.497 e. The van der Waals surface area contributed by atoms with Crippen LogP contribution in [-0.4, -0.2) is 75.8 Å². The van der Waals surface area contributed by atoms with Crippen molar-refractivity contribution in [2.24, 2.45) is 5.41 Å². The highest BCUT2D eigenvalue weighted by Gasteiger charge is 2.28. The van der Waals surface area contributed by atoms with Gasteiger partial charge >= 0.3 is 12.1 Å². The number of aromatic nitrogens is 5. The number of methoxy groups -OCH3 is 2. The molecule has 4 N–H and O–H groups in total. The summed E-state index contributed by atoms with van der Waals surface area (Å²) in [5.74, 6) is -0.455. The Labute approximate surface area is 265 Å². The van der Waals surface area contributed by atoms with Crippen LogP contribution in [0, 0.1) is 16.6 Å². The molecule has 2 aromatic heterocycles. The number of carbonyl (C=O) groups excluding carboxylic acids is 1. The summed E-state index contributed by atoms with van der Waals surface area (Å²) in [6.45, 7) is 5.72. The molecule has 0 radical (unpaired) electrons. The first-order valence-corrected chi connectivity index (χ1v) is 14.4. The van der Waals surface area contributed by atoms with Gasteiger partial charge in [0.2, 0.25) is 0 Å². The predicted molar refractivity (Wildman–Crippen MR) is 166 cm³/mol. The number of benzene rings is 2. The number of hydrogen-bond acceptors (Lipinski definition) is 12. The van der Waals surface area contributed by atoms with Crippen molar-refractivity contribution in [1.82, 2.24) is 30.0 Å². The zero-order valence-electron chi connectivity index (χ0n) is 26.2. The van der Waals surface area contributed by atoms with Crippen LogP contribution < -0.4 is 24.8 Å². The summed E-state index contributed by atoms with van der Waals surface area (Å²) in [7, 11) is 2.84. The molecule has 4 rings (SSSR count). The molecular weight excluding hydrogens is 599 g/mol. The summed E-state index contributed by atoms with van der Waals surface area (Å²) in [6.07, 6.45) is 3.17. The molecule has 46 heavy (non-hydrogen) atoms. The number of nitrogens with zero attached hydrogens (tertiary/aromatic N) is 5. The number of nitrogens with one attached hydrogen (secondary N) is 3. The van der Waals surface area contributed by atoms with E-state index in [1.807, 2.05) is 20.8 Å². The van der Waals surface area contributed by atoms with Crippen molar-refractivity contribution >= 4 is 17.6 Å². The van der Waals surface area contributed by atoms with Gasteiger partial charge in [0.1, 0.15) is 24.2 Å². The first kappa shape index (κ1) is 33.6. The summed E-state index contributed by atoms with van der Waals surface area (Å²) >= 11 is 0. The highest BCUT2D eigenvalue weighted by Crippen LogP contribution is 2.36. The molecule has 2 heterocycles.